The lowest BCUT2D eigenvalue weighted by Gasteiger charge is -2.47. The number of likely N-dealkylation sites (tertiary alicyclic amines) is 2. The van der Waals surface area contributed by atoms with Gasteiger partial charge in [-0.3, -0.25) is 14.8 Å². The summed E-state index contributed by atoms with van der Waals surface area (Å²) in [6.45, 7) is 9.44. The van der Waals surface area contributed by atoms with Gasteiger partial charge in [0.2, 0.25) is 5.91 Å². The molecule has 5 heteroatoms. The number of nitrogens with zero attached hydrogens (tertiary/aromatic N) is 4. The van der Waals surface area contributed by atoms with Crippen molar-refractivity contribution in [2.24, 2.45) is 10.4 Å². The molecule has 3 heterocycles. The van der Waals surface area contributed by atoms with Crippen LogP contribution in [0.15, 0.2) is 102 Å². The first kappa shape index (κ1) is 24.0. The minimum absolute atomic E-state index is 0.229. The van der Waals surface area contributed by atoms with E-state index in [1.165, 1.54) is 5.56 Å². The lowest BCUT2D eigenvalue weighted by Crippen LogP contribution is -2.53. The van der Waals surface area contributed by atoms with Gasteiger partial charge < -0.3 is 9.80 Å². The van der Waals surface area contributed by atoms with Crippen molar-refractivity contribution in [3.05, 3.63) is 103 Å². The monoisotopic (exact) mass is 478 g/mol. The highest BCUT2D eigenvalue weighted by atomic mass is 16.2. The number of pyridine rings is 1. The number of rotatable bonds is 5. The summed E-state index contributed by atoms with van der Waals surface area (Å²) in [6.07, 6.45) is 17.4. The Hall–Kier alpha value is -3.73. The number of benzene rings is 1. The molecule has 2 fully saturated rings. The van der Waals surface area contributed by atoms with E-state index in [0.29, 0.717) is 12.5 Å². The van der Waals surface area contributed by atoms with E-state index in [2.05, 4.69) is 63.6 Å². The van der Waals surface area contributed by atoms with Gasteiger partial charge in [0.15, 0.2) is 0 Å². The molecule has 0 saturated carbocycles. The Balaban J connectivity index is 1.23. The van der Waals surface area contributed by atoms with Gasteiger partial charge in [0.05, 0.1) is 11.1 Å². The van der Waals surface area contributed by atoms with Gasteiger partial charge in [0.1, 0.15) is 0 Å². The van der Waals surface area contributed by atoms with Gasteiger partial charge in [0, 0.05) is 50.5 Å². The second-order valence-corrected chi connectivity index (χ2v) is 10.1. The van der Waals surface area contributed by atoms with E-state index >= 15 is 0 Å². The Labute approximate surface area is 214 Å². The number of carbonyl (C=O) groups is 1. The van der Waals surface area contributed by atoms with Gasteiger partial charge >= 0.3 is 0 Å². The summed E-state index contributed by atoms with van der Waals surface area (Å²) in [5, 5.41) is 0. The molecule has 1 aromatic carbocycles. The SMILES string of the molecule is C=C1C=CC=CC1=N/C=C(\C)N1CCC2(CCCN(Cc3cccc(-c4cccnc4)c3)C2=O)CC1. The molecule has 2 saturated heterocycles. The average Bonchev–Trinajstić information content (AvgIpc) is 2.92. The Morgan fingerprint density at radius 1 is 1.08 bits per heavy atom. The minimum atomic E-state index is -0.229. The van der Waals surface area contributed by atoms with Crippen LogP contribution in [-0.2, 0) is 11.3 Å². The predicted molar refractivity (Wildman–Crippen MR) is 146 cm³/mol. The third-order valence-electron chi connectivity index (χ3n) is 7.72. The summed E-state index contributed by atoms with van der Waals surface area (Å²) in [5.74, 6) is 0.331. The van der Waals surface area contributed by atoms with Crippen LogP contribution in [0.2, 0.25) is 0 Å². The molecule has 2 aromatic rings. The van der Waals surface area contributed by atoms with Crippen molar-refractivity contribution in [3.63, 3.8) is 0 Å². The number of aliphatic imine (C=N–C) groups is 1. The molecule has 3 aliphatic rings. The molecule has 5 nitrogen and oxygen atoms in total. The van der Waals surface area contributed by atoms with E-state index in [9.17, 15) is 4.79 Å². The van der Waals surface area contributed by atoms with Crippen molar-refractivity contribution >= 4 is 11.6 Å². The van der Waals surface area contributed by atoms with Crippen LogP contribution in [0, 0.1) is 5.41 Å². The summed E-state index contributed by atoms with van der Waals surface area (Å²) in [6, 6.07) is 12.5. The fourth-order valence-electron chi connectivity index (χ4n) is 5.54. The van der Waals surface area contributed by atoms with Crippen molar-refractivity contribution in [1.29, 1.82) is 0 Å². The van der Waals surface area contributed by atoms with Crippen molar-refractivity contribution < 1.29 is 4.79 Å². The zero-order chi connectivity index (χ0) is 25.0. The van der Waals surface area contributed by atoms with Crippen LogP contribution in [0.25, 0.3) is 11.1 Å². The molecular weight excluding hydrogens is 444 g/mol. The number of hydrogen-bond donors (Lipinski definition) is 0. The molecule has 0 N–H and O–H groups in total. The van der Waals surface area contributed by atoms with E-state index in [0.717, 1.165) is 73.4 Å². The smallest absolute Gasteiger partial charge is 0.229 e. The van der Waals surface area contributed by atoms with Crippen molar-refractivity contribution in [3.8, 4) is 11.1 Å². The Morgan fingerprint density at radius 3 is 2.67 bits per heavy atom. The van der Waals surface area contributed by atoms with Crippen LogP contribution in [-0.4, -0.2) is 46.0 Å². The normalized spacial score (nSPS) is 21.0. The first-order valence-electron chi connectivity index (χ1n) is 12.9. The zero-order valence-corrected chi connectivity index (χ0v) is 21.1. The Kier molecular flexibility index (Phi) is 6.99. The highest BCUT2D eigenvalue weighted by Crippen LogP contribution is 2.42. The van der Waals surface area contributed by atoms with Gasteiger partial charge in [-0.15, -0.1) is 0 Å². The van der Waals surface area contributed by atoms with E-state index in [-0.39, 0.29) is 5.41 Å². The van der Waals surface area contributed by atoms with Gasteiger partial charge in [0.25, 0.3) is 0 Å². The van der Waals surface area contributed by atoms with Crippen LogP contribution in [0.3, 0.4) is 0 Å². The van der Waals surface area contributed by atoms with Crippen LogP contribution >= 0.6 is 0 Å². The summed E-state index contributed by atoms with van der Waals surface area (Å²) >= 11 is 0. The van der Waals surface area contributed by atoms with E-state index in [1.807, 2.05) is 42.8 Å². The van der Waals surface area contributed by atoms with Crippen molar-refractivity contribution in [1.82, 2.24) is 14.8 Å². The maximum Gasteiger partial charge on any atom is 0.229 e. The molecule has 0 atom stereocenters. The zero-order valence-electron chi connectivity index (χ0n) is 21.1. The number of piperidine rings is 2. The first-order valence-corrected chi connectivity index (χ1v) is 12.9. The van der Waals surface area contributed by atoms with Gasteiger partial charge in [-0.25, -0.2) is 0 Å². The molecule has 0 unspecified atom stereocenters. The Morgan fingerprint density at radius 2 is 1.89 bits per heavy atom. The van der Waals surface area contributed by atoms with Crippen LogP contribution in [0.1, 0.15) is 38.2 Å². The molecule has 1 aromatic heterocycles. The van der Waals surface area contributed by atoms with Crippen molar-refractivity contribution in [2.75, 3.05) is 19.6 Å². The molecule has 2 aliphatic heterocycles. The summed E-state index contributed by atoms with van der Waals surface area (Å²) in [7, 11) is 0. The van der Waals surface area contributed by atoms with Crippen LogP contribution in [0.5, 0.6) is 0 Å². The number of carbonyl (C=O) groups excluding carboxylic acids is 1. The molecule has 5 rings (SSSR count). The number of allylic oxidation sites excluding steroid dienone is 6. The number of amides is 1. The first-order chi connectivity index (χ1) is 17.5. The number of hydrogen-bond acceptors (Lipinski definition) is 4. The topological polar surface area (TPSA) is 48.8 Å². The standard InChI is InChI=1S/C31H34N4O/c1-24-8-3-4-12-29(24)33-21-25(2)34-18-14-31(15-19-34)13-7-17-35(30(31)36)23-26-9-5-10-27(20-26)28-11-6-16-32-22-28/h3-6,8-12,16,20-22H,1,7,13-15,17-19,23H2,2H3/b25-21+,33-29?. The molecule has 36 heavy (non-hydrogen) atoms. The molecule has 1 aliphatic carbocycles. The predicted octanol–water partition coefficient (Wildman–Crippen LogP) is 5.94. The molecule has 0 bridgehead atoms. The van der Waals surface area contributed by atoms with Crippen molar-refractivity contribution in [2.45, 2.75) is 39.2 Å². The van der Waals surface area contributed by atoms with Gasteiger partial charge in [-0.2, -0.15) is 0 Å². The molecule has 1 amide bonds. The minimum Gasteiger partial charge on any atom is -0.374 e. The maximum absolute atomic E-state index is 13.7. The van der Waals surface area contributed by atoms with E-state index in [1.54, 1.807) is 6.20 Å². The van der Waals surface area contributed by atoms with E-state index < -0.39 is 0 Å². The Bertz CT molecular complexity index is 1250. The van der Waals surface area contributed by atoms with Gasteiger partial charge in [-0.1, -0.05) is 49.1 Å². The van der Waals surface area contributed by atoms with E-state index in [4.69, 9.17) is 0 Å². The second kappa shape index (κ2) is 10.5. The van der Waals surface area contributed by atoms with Gasteiger partial charge in [-0.05, 0) is 73.1 Å². The maximum atomic E-state index is 13.7. The molecular formula is C31H34N4O. The second-order valence-electron chi connectivity index (χ2n) is 10.1. The van der Waals surface area contributed by atoms with Crippen LogP contribution < -0.4 is 0 Å². The fourth-order valence-corrected chi connectivity index (χ4v) is 5.54. The lowest BCUT2D eigenvalue weighted by atomic mass is 9.71. The summed E-state index contributed by atoms with van der Waals surface area (Å²) in [4.78, 5) is 27.1. The molecule has 184 valence electrons. The highest BCUT2D eigenvalue weighted by Gasteiger charge is 2.45. The highest BCUT2D eigenvalue weighted by molar-refractivity contribution is 6.11. The molecule has 0 radical (unpaired) electrons. The number of aromatic nitrogens is 1. The summed E-state index contributed by atoms with van der Waals surface area (Å²) in [5.41, 5.74) is 6.15. The third-order valence-corrected chi connectivity index (χ3v) is 7.72. The summed E-state index contributed by atoms with van der Waals surface area (Å²) < 4.78 is 0. The largest absolute Gasteiger partial charge is 0.374 e. The lowest BCUT2D eigenvalue weighted by molar-refractivity contribution is -0.150. The molecule has 1 spiro atoms. The quantitative estimate of drug-likeness (QED) is 0.535. The third kappa shape index (κ3) is 5.11. The average molecular weight is 479 g/mol. The fraction of sp³-hybridized carbons (Fsp3) is 0.323. The van der Waals surface area contributed by atoms with Crippen LogP contribution in [0.4, 0.5) is 0 Å².